The first kappa shape index (κ1) is 14.9. The molecular weight excluding hydrogens is 266 g/mol. The first-order valence-corrected chi connectivity index (χ1v) is 7.78. The Hall–Kier alpha value is -1.55. The minimum atomic E-state index is 0.322. The third-order valence-corrected chi connectivity index (χ3v) is 4.04. The van der Waals surface area contributed by atoms with Crippen LogP contribution in [0.5, 0.6) is 0 Å². The van der Waals surface area contributed by atoms with Gasteiger partial charge in [-0.3, -0.25) is 0 Å². The molecule has 0 amide bonds. The van der Waals surface area contributed by atoms with Crippen molar-refractivity contribution in [1.29, 1.82) is 0 Å². The topological polar surface area (TPSA) is 37.8 Å². The van der Waals surface area contributed by atoms with Gasteiger partial charge in [0.2, 0.25) is 0 Å². The van der Waals surface area contributed by atoms with E-state index in [4.69, 9.17) is 4.98 Å². The normalized spacial score (nSPS) is 10.8. The molecule has 4 heteroatoms. The third-order valence-electron chi connectivity index (χ3n) is 2.94. The molecule has 1 heterocycles. The van der Waals surface area contributed by atoms with Crippen molar-refractivity contribution >= 4 is 17.6 Å². The van der Waals surface area contributed by atoms with Crippen molar-refractivity contribution in [2.45, 2.75) is 43.5 Å². The summed E-state index contributed by atoms with van der Waals surface area (Å²) >= 11 is 1.69. The van der Waals surface area contributed by atoms with Crippen LogP contribution in [0.25, 0.3) is 0 Å². The molecule has 0 radical (unpaired) electrons. The molecule has 2 aromatic rings. The predicted octanol–water partition coefficient (Wildman–Crippen LogP) is 4.49. The summed E-state index contributed by atoms with van der Waals surface area (Å²) in [6.45, 7) is 9.27. The Labute approximate surface area is 125 Å². The quantitative estimate of drug-likeness (QED) is 0.822. The zero-order chi connectivity index (χ0) is 14.5. The first-order valence-electron chi connectivity index (χ1n) is 6.97. The maximum absolute atomic E-state index is 4.72. The molecule has 0 atom stereocenters. The molecule has 3 nitrogen and oxygen atoms in total. The number of hydrogen-bond donors (Lipinski definition) is 1. The van der Waals surface area contributed by atoms with Gasteiger partial charge in [0.15, 0.2) is 0 Å². The van der Waals surface area contributed by atoms with E-state index in [2.05, 4.69) is 50.1 Å². The van der Waals surface area contributed by atoms with E-state index in [1.54, 1.807) is 11.8 Å². The highest BCUT2D eigenvalue weighted by molar-refractivity contribution is 7.99. The van der Waals surface area contributed by atoms with Crippen LogP contribution in [0.4, 0.5) is 5.82 Å². The van der Waals surface area contributed by atoms with E-state index in [-0.39, 0.29) is 0 Å². The van der Waals surface area contributed by atoms with E-state index >= 15 is 0 Å². The molecule has 0 bridgehead atoms. The maximum atomic E-state index is 4.72. The molecule has 20 heavy (non-hydrogen) atoms. The van der Waals surface area contributed by atoms with Gasteiger partial charge in [0.05, 0.1) is 0 Å². The van der Waals surface area contributed by atoms with Gasteiger partial charge in [0.1, 0.15) is 16.7 Å². The lowest BCUT2D eigenvalue weighted by Crippen LogP contribution is -2.08. The molecule has 0 aliphatic rings. The van der Waals surface area contributed by atoms with Gasteiger partial charge in [-0.15, -0.1) is 0 Å². The molecule has 0 aliphatic carbocycles. The Morgan fingerprint density at radius 3 is 2.45 bits per heavy atom. The highest BCUT2D eigenvalue weighted by atomic mass is 32.2. The third kappa shape index (κ3) is 3.51. The van der Waals surface area contributed by atoms with Gasteiger partial charge < -0.3 is 5.32 Å². The number of anilines is 1. The van der Waals surface area contributed by atoms with Crippen LogP contribution in [-0.2, 0) is 0 Å². The monoisotopic (exact) mass is 287 g/mol. The Balaban J connectivity index is 2.40. The summed E-state index contributed by atoms with van der Waals surface area (Å²) in [5, 5.41) is 4.37. The molecule has 0 spiro atoms. The second-order valence-electron chi connectivity index (χ2n) is 4.96. The van der Waals surface area contributed by atoms with Gasteiger partial charge in [-0.2, -0.15) is 0 Å². The molecule has 0 unspecified atom stereocenters. The van der Waals surface area contributed by atoms with Crippen molar-refractivity contribution in [3.63, 3.8) is 0 Å². The first-order chi connectivity index (χ1) is 9.61. The molecule has 1 aromatic heterocycles. The van der Waals surface area contributed by atoms with Crippen LogP contribution >= 0.6 is 11.8 Å². The van der Waals surface area contributed by atoms with Crippen LogP contribution in [0, 0.1) is 6.92 Å². The lowest BCUT2D eigenvalue weighted by molar-refractivity contribution is 0.748. The Kier molecular flexibility index (Phi) is 5.01. The standard InChI is InChI=1S/C16H21N3S/c1-5-17-15-12(4)16(19-14(18-15)11(2)3)20-13-9-7-6-8-10-13/h6-11H,5H2,1-4H3,(H,17,18,19). The fraction of sp³-hybridized carbons (Fsp3) is 0.375. The minimum absolute atomic E-state index is 0.322. The molecule has 2 rings (SSSR count). The lowest BCUT2D eigenvalue weighted by atomic mass is 10.2. The molecule has 0 aliphatic heterocycles. The summed E-state index contributed by atoms with van der Waals surface area (Å²) in [4.78, 5) is 10.6. The molecular formula is C16H21N3S. The summed E-state index contributed by atoms with van der Waals surface area (Å²) < 4.78 is 0. The van der Waals surface area contributed by atoms with Crippen LogP contribution in [0.2, 0.25) is 0 Å². The fourth-order valence-electron chi connectivity index (χ4n) is 1.81. The number of rotatable bonds is 5. The fourth-order valence-corrected chi connectivity index (χ4v) is 2.72. The zero-order valence-corrected chi connectivity index (χ0v) is 13.3. The number of benzene rings is 1. The molecule has 0 saturated heterocycles. The number of aromatic nitrogens is 2. The van der Waals surface area contributed by atoms with E-state index in [0.29, 0.717) is 5.92 Å². The second kappa shape index (κ2) is 6.75. The van der Waals surface area contributed by atoms with Gasteiger partial charge in [0, 0.05) is 22.9 Å². The number of nitrogens with zero attached hydrogens (tertiary/aromatic N) is 2. The summed E-state index contributed by atoms with van der Waals surface area (Å²) in [5.74, 6) is 2.16. The Morgan fingerprint density at radius 1 is 1.15 bits per heavy atom. The van der Waals surface area contributed by atoms with Crippen molar-refractivity contribution < 1.29 is 0 Å². The van der Waals surface area contributed by atoms with Crippen LogP contribution in [0.15, 0.2) is 40.3 Å². The summed E-state index contributed by atoms with van der Waals surface area (Å²) in [6, 6.07) is 10.3. The van der Waals surface area contributed by atoms with E-state index < -0.39 is 0 Å². The minimum Gasteiger partial charge on any atom is -0.370 e. The average molecular weight is 287 g/mol. The molecule has 0 saturated carbocycles. The number of nitrogens with one attached hydrogen (secondary N) is 1. The van der Waals surface area contributed by atoms with Gasteiger partial charge in [-0.25, -0.2) is 9.97 Å². The van der Waals surface area contributed by atoms with Crippen LogP contribution in [-0.4, -0.2) is 16.5 Å². The summed E-state index contributed by atoms with van der Waals surface area (Å²) in [6.07, 6.45) is 0. The SMILES string of the molecule is CCNc1nc(C(C)C)nc(Sc2ccccc2)c1C. The van der Waals surface area contributed by atoms with E-state index in [1.807, 2.05) is 18.2 Å². The van der Waals surface area contributed by atoms with Crippen LogP contribution in [0.1, 0.15) is 38.1 Å². The van der Waals surface area contributed by atoms with Gasteiger partial charge in [-0.05, 0) is 26.0 Å². The highest BCUT2D eigenvalue weighted by Crippen LogP contribution is 2.32. The van der Waals surface area contributed by atoms with E-state index in [0.717, 1.165) is 28.8 Å². The zero-order valence-electron chi connectivity index (χ0n) is 12.5. The van der Waals surface area contributed by atoms with E-state index in [1.165, 1.54) is 4.90 Å². The predicted molar refractivity (Wildman–Crippen MR) is 85.6 cm³/mol. The van der Waals surface area contributed by atoms with Crippen molar-refractivity contribution in [2.75, 3.05) is 11.9 Å². The van der Waals surface area contributed by atoms with Gasteiger partial charge >= 0.3 is 0 Å². The van der Waals surface area contributed by atoms with Crippen LogP contribution in [0.3, 0.4) is 0 Å². The van der Waals surface area contributed by atoms with Crippen molar-refractivity contribution in [3.8, 4) is 0 Å². The molecule has 0 fully saturated rings. The van der Waals surface area contributed by atoms with Gasteiger partial charge in [-0.1, -0.05) is 43.8 Å². The average Bonchev–Trinajstić information content (AvgIpc) is 2.44. The molecule has 1 aromatic carbocycles. The summed E-state index contributed by atoms with van der Waals surface area (Å²) in [7, 11) is 0. The second-order valence-corrected chi connectivity index (χ2v) is 6.02. The van der Waals surface area contributed by atoms with Crippen molar-refractivity contribution in [2.24, 2.45) is 0 Å². The van der Waals surface area contributed by atoms with Crippen molar-refractivity contribution in [3.05, 3.63) is 41.7 Å². The smallest absolute Gasteiger partial charge is 0.134 e. The Morgan fingerprint density at radius 2 is 1.85 bits per heavy atom. The molecule has 106 valence electrons. The molecule has 1 N–H and O–H groups in total. The van der Waals surface area contributed by atoms with Crippen LogP contribution < -0.4 is 5.32 Å². The summed E-state index contributed by atoms with van der Waals surface area (Å²) in [5.41, 5.74) is 1.12. The van der Waals surface area contributed by atoms with Crippen molar-refractivity contribution in [1.82, 2.24) is 9.97 Å². The van der Waals surface area contributed by atoms with Gasteiger partial charge in [0.25, 0.3) is 0 Å². The largest absolute Gasteiger partial charge is 0.370 e. The highest BCUT2D eigenvalue weighted by Gasteiger charge is 2.13. The van der Waals surface area contributed by atoms with E-state index in [9.17, 15) is 0 Å². The lowest BCUT2D eigenvalue weighted by Gasteiger charge is -2.14. The Bertz CT molecular complexity index is 567. The number of hydrogen-bond acceptors (Lipinski definition) is 4. The maximum Gasteiger partial charge on any atom is 0.134 e.